The lowest BCUT2D eigenvalue weighted by Crippen LogP contribution is -2.41. The summed E-state index contributed by atoms with van der Waals surface area (Å²) in [5.74, 6) is -2.22. The van der Waals surface area contributed by atoms with Crippen LogP contribution in [-0.2, 0) is 14.8 Å². The monoisotopic (exact) mass is 382 g/mol. The van der Waals surface area contributed by atoms with Crippen LogP contribution < -0.4 is 4.72 Å². The minimum atomic E-state index is -3.74. The summed E-state index contributed by atoms with van der Waals surface area (Å²) in [6.07, 6.45) is 1.28. The molecule has 0 aliphatic carbocycles. The molecule has 9 heteroatoms. The molecule has 26 heavy (non-hydrogen) atoms. The zero-order valence-electron chi connectivity index (χ0n) is 14.5. The minimum absolute atomic E-state index is 0.124. The average molecular weight is 382 g/mol. The Hall–Kier alpha value is -2.26. The van der Waals surface area contributed by atoms with Crippen LogP contribution in [0.2, 0.25) is 0 Å². The SMILES string of the molecule is CCCC(NS(=O)(=O)CCCCN1C(=O)c2ccccc2C1=O)C(=O)O. The van der Waals surface area contributed by atoms with Crippen molar-refractivity contribution in [1.82, 2.24) is 9.62 Å². The Labute approximate surface area is 152 Å². The van der Waals surface area contributed by atoms with Crippen LogP contribution in [0.25, 0.3) is 0 Å². The van der Waals surface area contributed by atoms with E-state index < -0.39 is 22.0 Å². The molecule has 0 radical (unpaired) electrons. The van der Waals surface area contributed by atoms with Crippen molar-refractivity contribution in [2.75, 3.05) is 12.3 Å². The van der Waals surface area contributed by atoms with Crippen LogP contribution in [0.1, 0.15) is 53.3 Å². The van der Waals surface area contributed by atoms with Gasteiger partial charge >= 0.3 is 5.97 Å². The first kappa shape index (κ1) is 20.1. The van der Waals surface area contributed by atoms with Crippen LogP contribution in [0.3, 0.4) is 0 Å². The molecule has 1 aliphatic rings. The predicted octanol–water partition coefficient (Wildman–Crippen LogP) is 1.24. The third-order valence-corrected chi connectivity index (χ3v) is 5.59. The van der Waals surface area contributed by atoms with Gasteiger partial charge in [0, 0.05) is 6.54 Å². The molecule has 142 valence electrons. The molecule has 1 atom stereocenters. The Morgan fingerprint density at radius 3 is 2.23 bits per heavy atom. The van der Waals surface area contributed by atoms with Gasteiger partial charge in [0.15, 0.2) is 0 Å². The summed E-state index contributed by atoms with van der Waals surface area (Å²) in [5.41, 5.74) is 0.714. The second-order valence-corrected chi connectivity index (χ2v) is 8.00. The average Bonchev–Trinajstić information content (AvgIpc) is 2.83. The van der Waals surface area contributed by atoms with Crippen molar-refractivity contribution >= 4 is 27.8 Å². The number of carboxylic acids is 1. The highest BCUT2D eigenvalue weighted by Crippen LogP contribution is 2.22. The number of nitrogens with one attached hydrogen (secondary N) is 1. The highest BCUT2D eigenvalue weighted by molar-refractivity contribution is 7.89. The summed E-state index contributed by atoms with van der Waals surface area (Å²) in [6.45, 7) is 1.89. The largest absolute Gasteiger partial charge is 0.480 e. The number of imide groups is 1. The maximum Gasteiger partial charge on any atom is 0.321 e. The van der Waals surface area contributed by atoms with Crippen LogP contribution in [0.5, 0.6) is 0 Å². The second kappa shape index (κ2) is 8.41. The fourth-order valence-electron chi connectivity index (χ4n) is 2.80. The Bertz CT molecular complexity index is 770. The van der Waals surface area contributed by atoms with Crippen LogP contribution in [0, 0.1) is 0 Å². The Balaban J connectivity index is 1.84. The van der Waals surface area contributed by atoms with Gasteiger partial charge in [-0.3, -0.25) is 19.3 Å². The van der Waals surface area contributed by atoms with E-state index in [0.717, 1.165) is 4.90 Å². The van der Waals surface area contributed by atoms with Gasteiger partial charge in [-0.1, -0.05) is 25.5 Å². The number of benzene rings is 1. The lowest BCUT2D eigenvalue weighted by molar-refractivity contribution is -0.139. The van der Waals surface area contributed by atoms with Crippen molar-refractivity contribution < 1.29 is 27.9 Å². The van der Waals surface area contributed by atoms with Gasteiger partial charge in [0.2, 0.25) is 10.0 Å². The molecular formula is C17H22N2O6S. The number of nitrogens with zero attached hydrogens (tertiary/aromatic N) is 1. The first-order chi connectivity index (χ1) is 12.3. The fourth-order valence-corrected chi connectivity index (χ4v) is 4.16. The first-order valence-electron chi connectivity index (χ1n) is 8.45. The normalized spacial score (nSPS) is 15.2. The number of fused-ring (bicyclic) bond motifs is 1. The molecule has 1 unspecified atom stereocenters. The molecule has 1 heterocycles. The van der Waals surface area contributed by atoms with Gasteiger partial charge in [-0.05, 0) is 31.4 Å². The van der Waals surface area contributed by atoms with Gasteiger partial charge in [0.1, 0.15) is 6.04 Å². The van der Waals surface area contributed by atoms with Crippen molar-refractivity contribution in [2.45, 2.75) is 38.6 Å². The maximum atomic E-state index is 12.2. The van der Waals surface area contributed by atoms with E-state index in [2.05, 4.69) is 4.72 Å². The van der Waals surface area contributed by atoms with Crippen molar-refractivity contribution in [3.63, 3.8) is 0 Å². The van der Waals surface area contributed by atoms with Gasteiger partial charge in [-0.2, -0.15) is 0 Å². The molecule has 2 rings (SSSR count). The summed E-state index contributed by atoms with van der Waals surface area (Å²) < 4.78 is 26.2. The number of rotatable bonds is 10. The number of carbonyl (C=O) groups excluding carboxylic acids is 2. The van der Waals surface area contributed by atoms with E-state index in [1.807, 2.05) is 0 Å². The van der Waals surface area contributed by atoms with Crippen molar-refractivity contribution in [1.29, 1.82) is 0 Å². The summed E-state index contributed by atoms with van der Waals surface area (Å²) >= 11 is 0. The number of sulfonamides is 1. The lowest BCUT2D eigenvalue weighted by Gasteiger charge is -2.15. The highest BCUT2D eigenvalue weighted by atomic mass is 32.2. The van der Waals surface area contributed by atoms with E-state index in [0.29, 0.717) is 24.0 Å². The van der Waals surface area contributed by atoms with Gasteiger partial charge in [0.05, 0.1) is 16.9 Å². The molecule has 2 N–H and O–H groups in total. The molecule has 0 bridgehead atoms. The number of hydrogen-bond acceptors (Lipinski definition) is 5. The number of unbranched alkanes of at least 4 members (excludes halogenated alkanes) is 1. The van der Waals surface area contributed by atoms with Gasteiger partial charge in [-0.25, -0.2) is 13.1 Å². The minimum Gasteiger partial charge on any atom is -0.480 e. The van der Waals surface area contributed by atoms with Crippen molar-refractivity contribution in [3.8, 4) is 0 Å². The first-order valence-corrected chi connectivity index (χ1v) is 10.1. The smallest absolute Gasteiger partial charge is 0.321 e. The van der Waals surface area contributed by atoms with Crippen LogP contribution in [0.15, 0.2) is 24.3 Å². The molecule has 0 fully saturated rings. The third-order valence-electron chi connectivity index (χ3n) is 4.12. The molecule has 0 saturated heterocycles. The predicted molar refractivity (Wildman–Crippen MR) is 94.3 cm³/mol. The standard InChI is InChI=1S/C17H22N2O6S/c1-2-7-14(17(22)23)18-26(24,25)11-6-5-10-19-15(20)12-8-3-4-9-13(12)16(19)21/h3-4,8-9,14,18H,2,5-7,10-11H2,1H3,(H,22,23). The summed E-state index contributed by atoms with van der Waals surface area (Å²) in [4.78, 5) is 36.6. The molecule has 8 nitrogen and oxygen atoms in total. The number of carboxylic acid groups (broad SMARTS) is 1. The molecule has 2 amide bonds. The number of amides is 2. The van der Waals surface area contributed by atoms with E-state index in [1.165, 1.54) is 0 Å². The van der Waals surface area contributed by atoms with Crippen molar-refractivity contribution in [3.05, 3.63) is 35.4 Å². The summed E-state index contributed by atoms with van der Waals surface area (Å²) in [7, 11) is -3.74. The Kier molecular flexibility index (Phi) is 6.49. The van der Waals surface area contributed by atoms with Crippen LogP contribution in [-0.4, -0.2) is 54.5 Å². The zero-order valence-corrected chi connectivity index (χ0v) is 15.3. The van der Waals surface area contributed by atoms with Gasteiger partial charge in [0.25, 0.3) is 11.8 Å². The topological polar surface area (TPSA) is 121 Å². The molecule has 0 saturated carbocycles. The van der Waals surface area contributed by atoms with Crippen LogP contribution >= 0.6 is 0 Å². The van der Waals surface area contributed by atoms with E-state index in [9.17, 15) is 22.8 Å². The van der Waals surface area contributed by atoms with E-state index in [1.54, 1.807) is 31.2 Å². The van der Waals surface area contributed by atoms with E-state index >= 15 is 0 Å². The van der Waals surface area contributed by atoms with Crippen LogP contribution in [0.4, 0.5) is 0 Å². The maximum absolute atomic E-state index is 12.2. The molecule has 0 aromatic heterocycles. The van der Waals surface area contributed by atoms with Crippen molar-refractivity contribution in [2.24, 2.45) is 0 Å². The summed E-state index contributed by atoms with van der Waals surface area (Å²) in [6, 6.07) is 5.40. The van der Waals surface area contributed by atoms with Gasteiger partial charge in [-0.15, -0.1) is 0 Å². The van der Waals surface area contributed by atoms with E-state index in [4.69, 9.17) is 5.11 Å². The third kappa shape index (κ3) is 4.67. The zero-order chi connectivity index (χ0) is 19.3. The van der Waals surface area contributed by atoms with Gasteiger partial charge < -0.3 is 5.11 Å². The molecule has 1 aromatic carbocycles. The Morgan fingerprint density at radius 1 is 1.15 bits per heavy atom. The highest BCUT2D eigenvalue weighted by Gasteiger charge is 2.34. The van der Waals surface area contributed by atoms with E-state index in [-0.39, 0.29) is 37.0 Å². The molecular weight excluding hydrogens is 360 g/mol. The number of hydrogen-bond donors (Lipinski definition) is 2. The number of aliphatic carboxylic acids is 1. The lowest BCUT2D eigenvalue weighted by atomic mass is 10.1. The Morgan fingerprint density at radius 2 is 1.73 bits per heavy atom. The molecule has 1 aromatic rings. The summed E-state index contributed by atoms with van der Waals surface area (Å²) in [5, 5.41) is 9.02. The fraction of sp³-hybridized carbons (Fsp3) is 0.471. The number of carbonyl (C=O) groups is 3. The quantitative estimate of drug-likeness (QED) is 0.464. The molecule has 1 aliphatic heterocycles. The molecule has 0 spiro atoms. The second-order valence-electron chi connectivity index (χ2n) is 6.13.